The molecule has 0 spiro atoms. The molecule has 0 unspecified atom stereocenters. The molecule has 0 amide bonds. The van der Waals surface area contributed by atoms with E-state index in [0.29, 0.717) is 6.42 Å². The first-order valence-corrected chi connectivity index (χ1v) is 5.49. The minimum Gasteiger partial charge on any atom is -0.481 e. The van der Waals surface area contributed by atoms with Gasteiger partial charge in [0.1, 0.15) is 0 Å². The lowest BCUT2D eigenvalue weighted by Gasteiger charge is -1.99. The number of carboxylic acids is 1. The summed E-state index contributed by atoms with van der Waals surface area (Å²) in [6.45, 7) is 2.22. The van der Waals surface area contributed by atoms with Gasteiger partial charge in [-0.1, -0.05) is 51.9 Å². The second-order valence-electron chi connectivity index (χ2n) is 3.62. The van der Waals surface area contributed by atoms with E-state index in [1.165, 1.54) is 38.5 Å². The molecule has 0 aromatic carbocycles. The zero-order chi connectivity index (χ0) is 9.94. The summed E-state index contributed by atoms with van der Waals surface area (Å²) in [6.07, 6.45) is 10.1. The zero-order valence-corrected chi connectivity index (χ0v) is 9.13. The third-order valence-corrected chi connectivity index (χ3v) is 2.24. The van der Waals surface area contributed by atoms with Crippen molar-refractivity contribution >= 4 is 5.97 Å². The minimum atomic E-state index is -0.661. The summed E-state index contributed by atoms with van der Waals surface area (Å²) >= 11 is 0. The highest BCUT2D eigenvalue weighted by atomic mass is 19.0. The van der Waals surface area contributed by atoms with Crippen molar-refractivity contribution in [3.8, 4) is 0 Å². The fourth-order valence-corrected chi connectivity index (χ4v) is 1.41. The molecule has 14 heavy (non-hydrogen) atoms. The van der Waals surface area contributed by atoms with Gasteiger partial charge in [0.25, 0.3) is 0 Å². The fraction of sp³-hybridized carbons (Fsp3) is 0.909. The van der Waals surface area contributed by atoms with Crippen molar-refractivity contribution in [3.05, 3.63) is 0 Å². The molecule has 0 aliphatic rings. The topological polar surface area (TPSA) is 37.3 Å². The maximum Gasteiger partial charge on any atom is 0.303 e. The second kappa shape index (κ2) is 12.4. The summed E-state index contributed by atoms with van der Waals surface area (Å²) in [4.78, 5) is 10.2. The summed E-state index contributed by atoms with van der Waals surface area (Å²) in [7, 11) is 0. The molecule has 0 aromatic rings. The summed E-state index contributed by atoms with van der Waals surface area (Å²) in [5, 5.41) is 8.39. The fourth-order valence-electron chi connectivity index (χ4n) is 1.41. The van der Waals surface area contributed by atoms with Crippen LogP contribution in [0.4, 0.5) is 4.70 Å². The third kappa shape index (κ3) is 14.0. The highest BCUT2D eigenvalue weighted by molar-refractivity contribution is 5.66. The van der Waals surface area contributed by atoms with Crippen molar-refractivity contribution in [2.45, 2.75) is 64.7 Å². The molecular weight excluding hydrogens is 183 g/mol. The molecule has 0 rings (SSSR count). The molecule has 3 heteroatoms. The van der Waals surface area contributed by atoms with Gasteiger partial charge in [-0.15, -0.1) is 0 Å². The quantitative estimate of drug-likeness (QED) is 0.583. The van der Waals surface area contributed by atoms with Crippen LogP contribution < -0.4 is 0 Å². The first kappa shape index (κ1) is 15.9. The maximum absolute atomic E-state index is 10.2. The van der Waals surface area contributed by atoms with Gasteiger partial charge < -0.3 is 5.11 Å². The predicted octanol–water partition coefficient (Wildman–Crippen LogP) is 3.75. The predicted molar refractivity (Wildman–Crippen MR) is 57.4 cm³/mol. The van der Waals surface area contributed by atoms with Gasteiger partial charge in [0.2, 0.25) is 0 Å². The van der Waals surface area contributed by atoms with Crippen LogP contribution in [0.15, 0.2) is 0 Å². The lowest BCUT2D eigenvalue weighted by atomic mass is 10.1. The largest absolute Gasteiger partial charge is 0.481 e. The Labute approximate surface area is 86.1 Å². The van der Waals surface area contributed by atoms with Crippen molar-refractivity contribution in [1.82, 2.24) is 0 Å². The van der Waals surface area contributed by atoms with Gasteiger partial charge in [0.05, 0.1) is 0 Å². The van der Waals surface area contributed by atoms with Gasteiger partial charge >= 0.3 is 5.97 Å². The number of hydrogen-bond acceptors (Lipinski definition) is 1. The molecule has 0 aliphatic carbocycles. The van der Waals surface area contributed by atoms with E-state index in [1.54, 1.807) is 0 Å². The molecule has 0 atom stereocenters. The van der Waals surface area contributed by atoms with Crippen molar-refractivity contribution in [3.63, 3.8) is 0 Å². The van der Waals surface area contributed by atoms with E-state index < -0.39 is 5.97 Å². The summed E-state index contributed by atoms with van der Waals surface area (Å²) < 4.78 is 0. The molecule has 0 saturated carbocycles. The van der Waals surface area contributed by atoms with Crippen LogP contribution in [0, 0.1) is 0 Å². The van der Waals surface area contributed by atoms with Crippen LogP contribution in [-0.2, 0) is 4.79 Å². The number of halogens is 1. The van der Waals surface area contributed by atoms with Crippen LogP contribution in [0.2, 0.25) is 0 Å². The van der Waals surface area contributed by atoms with Crippen LogP contribution >= 0.6 is 0 Å². The summed E-state index contributed by atoms with van der Waals surface area (Å²) in [6, 6.07) is 0. The lowest BCUT2D eigenvalue weighted by Crippen LogP contribution is -1.93. The molecular formula is C11H23FO2. The lowest BCUT2D eigenvalue weighted by molar-refractivity contribution is -0.137. The SMILES string of the molecule is CCCCCCCCCCC(=O)O.F. The monoisotopic (exact) mass is 206 g/mol. The zero-order valence-electron chi connectivity index (χ0n) is 9.13. The summed E-state index contributed by atoms with van der Waals surface area (Å²) in [5.41, 5.74) is 0. The molecule has 0 heterocycles. The average molecular weight is 206 g/mol. The molecule has 0 aliphatic heterocycles. The molecule has 0 saturated heterocycles. The highest BCUT2D eigenvalue weighted by Gasteiger charge is 1.95. The number of carbonyl (C=O) groups is 1. The van der Waals surface area contributed by atoms with Crippen molar-refractivity contribution in [1.29, 1.82) is 0 Å². The van der Waals surface area contributed by atoms with Crippen molar-refractivity contribution in [2.75, 3.05) is 0 Å². The Balaban J connectivity index is 0. The van der Waals surface area contributed by atoms with E-state index in [9.17, 15) is 4.79 Å². The molecule has 86 valence electrons. The second-order valence-corrected chi connectivity index (χ2v) is 3.62. The standard InChI is InChI=1S/C11H22O2.FH/c1-2-3-4-5-6-7-8-9-10-11(12)13;/h2-10H2,1H3,(H,12,13);1H. The van der Waals surface area contributed by atoms with Gasteiger partial charge in [0, 0.05) is 6.42 Å². The Kier molecular flexibility index (Phi) is 14.0. The van der Waals surface area contributed by atoms with E-state index in [2.05, 4.69) is 6.92 Å². The Morgan fingerprint density at radius 1 is 0.929 bits per heavy atom. The Hall–Kier alpha value is -0.600. The normalized spacial score (nSPS) is 9.50. The first-order chi connectivity index (χ1) is 6.27. The van der Waals surface area contributed by atoms with E-state index >= 15 is 0 Å². The molecule has 0 fully saturated rings. The van der Waals surface area contributed by atoms with Crippen LogP contribution in [0.1, 0.15) is 64.7 Å². The van der Waals surface area contributed by atoms with Gasteiger partial charge in [-0.25, -0.2) is 0 Å². The molecule has 1 N–H and O–H groups in total. The summed E-state index contributed by atoms with van der Waals surface area (Å²) in [5.74, 6) is -0.661. The van der Waals surface area contributed by atoms with Crippen LogP contribution in [-0.4, -0.2) is 11.1 Å². The maximum atomic E-state index is 10.2. The molecule has 0 radical (unpaired) electrons. The van der Waals surface area contributed by atoms with Gasteiger partial charge in [-0.05, 0) is 6.42 Å². The van der Waals surface area contributed by atoms with Crippen molar-refractivity contribution in [2.24, 2.45) is 0 Å². The minimum absolute atomic E-state index is 0. The Bertz CT molecular complexity index is 126. The highest BCUT2D eigenvalue weighted by Crippen LogP contribution is 2.09. The smallest absolute Gasteiger partial charge is 0.303 e. The third-order valence-electron chi connectivity index (χ3n) is 2.24. The van der Waals surface area contributed by atoms with E-state index in [-0.39, 0.29) is 4.70 Å². The first-order valence-electron chi connectivity index (χ1n) is 5.49. The molecule has 2 nitrogen and oxygen atoms in total. The number of carboxylic acid groups (broad SMARTS) is 1. The van der Waals surface area contributed by atoms with Crippen LogP contribution in [0.25, 0.3) is 0 Å². The van der Waals surface area contributed by atoms with Gasteiger partial charge in [0.15, 0.2) is 0 Å². The average Bonchev–Trinajstić information content (AvgIpc) is 2.09. The Morgan fingerprint density at radius 3 is 1.79 bits per heavy atom. The van der Waals surface area contributed by atoms with Crippen LogP contribution in [0.5, 0.6) is 0 Å². The Morgan fingerprint density at radius 2 is 1.36 bits per heavy atom. The van der Waals surface area contributed by atoms with Gasteiger partial charge in [-0.3, -0.25) is 9.50 Å². The van der Waals surface area contributed by atoms with Crippen molar-refractivity contribution < 1.29 is 14.6 Å². The van der Waals surface area contributed by atoms with Crippen LogP contribution in [0.3, 0.4) is 0 Å². The van der Waals surface area contributed by atoms with E-state index in [1.807, 2.05) is 0 Å². The number of unbranched alkanes of at least 4 members (excludes halogenated alkanes) is 7. The van der Waals surface area contributed by atoms with Gasteiger partial charge in [-0.2, -0.15) is 0 Å². The van der Waals surface area contributed by atoms with E-state index in [4.69, 9.17) is 5.11 Å². The molecule has 0 aromatic heterocycles. The number of aliphatic carboxylic acids is 1. The molecule has 0 bridgehead atoms. The number of rotatable bonds is 9. The van der Waals surface area contributed by atoms with E-state index in [0.717, 1.165) is 12.8 Å². The number of hydrogen-bond donors (Lipinski definition) is 1.